The van der Waals surface area contributed by atoms with E-state index in [-0.39, 0.29) is 0 Å². The van der Waals surface area contributed by atoms with E-state index in [2.05, 4.69) is 6.92 Å². The van der Waals surface area contributed by atoms with Crippen molar-refractivity contribution in [3.63, 3.8) is 0 Å². The van der Waals surface area contributed by atoms with Crippen LogP contribution in [0.25, 0.3) is 0 Å². The summed E-state index contributed by atoms with van der Waals surface area (Å²) in [6.07, 6.45) is 8.00. The average Bonchev–Trinajstić information content (AvgIpc) is 2.78. The molecule has 0 radical (unpaired) electrons. The van der Waals surface area contributed by atoms with Gasteiger partial charge in [-0.2, -0.15) is 0 Å². The minimum atomic E-state index is -0.573. The molecular formula is C14H25NO. The van der Waals surface area contributed by atoms with E-state index in [9.17, 15) is 4.79 Å². The highest BCUT2D eigenvalue weighted by Gasteiger charge is 2.41. The first-order chi connectivity index (χ1) is 7.53. The van der Waals surface area contributed by atoms with Gasteiger partial charge >= 0.3 is 0 Å². The van der Waals surface area contributed by atoms with Gasteiger partial charge in [0.1, 0.15) is 0 Å². The number of carbonyl (C=O) groups excluding carboxylic acids is 1. The first-order valence-electron chi connectivity index (χ1n) is 6.85. The Balaban J connectivity index is 1.88. The molecule has 92 valence electrons. The van der Waals surface area contributed by atoms with E-state index < -0.39 is 5.54 Å². The Hall–Kier alpha value is -0.370. The summed E-state index contributed by atoms with van der Waals surface area (Å²) >= 11 is 0. The summed E-state index contributed by atoms with van der Waals surface area (Å²) in [7, 11) is 0. The van der Waals surface area contributed by atoms with Crippen LogP contribution >= 0.6 is 0 Å². The van der Waals surface area contributed by atoms with Crippen molar-refractivity contribution in [2.45, 2.75) is 64.3 Å². The molecule has 2 aliphatic carbocycles. The Bertz CT molecular complexity index is 272. The zero-order chi connectivity index (χ0) is 11.8. The Morgan fingerprint density at radius 2 is 2.12 bits per heavy atom. The van der Waals surface area contributed by atoms with Gasteiger partial charge in [0.15, 0.2) is 5.78 Å². The summed E-state index contributed by atoms with van der Waals surface area (Å²) in [6, 6.07) is 0. The number of fused-ring (bicyclic) bond motifs is 2. The van der Waals surface area contributed by atoms with Crippen LogP contribution in [0.1, 0.15) is 58.8 Å². The second-order valence-corrected chi connectivity index (χ2v) is 6.23. The van der Waals surface area contributed by atoms with Crippen molar-refractivity contribution in [3.8, 4) is 0 Å². The van der Waals surface area contributed by atoms with Crippen LogP contribution in [-0.2, 0) is 4.79 Å². The molecule has 2 bridgehead atoms. The van der Waals surface area contributed by atoms with Crippen LogP contribution in [0, 0.1) is 17.8 Å². The second kappa shape index (κ2) is 4.48. The van der Waals surface area contributed by atoms with Gasteiger partial charge in [-0.1, -0.05) is 19.8 Å². The van der Waals surface area contributed by atoms with Crippen molar-refractivity contribution in [2.24, 2.45) is 23.5 Å². The third-order valence-corrected chi connectivity index (χ3v) is 4.74. The maximum atomic E-state index is 12.2. The summed E-state index contributed by atoms with van der Waals surface area (Å²) in [4.78, 5) is 12.2. The quantitative estimate of drug-likeness (QED) is 0.778. The molecule has 4 unspecified atom stereocenters. The maximum Gasteiger partial charge on any atom is 0.152 e. The highest BCUT2D eigenvalue weighted by Crippen LogP contribution is 2.49. The summed E-state index contributed by atoms with van der Waals surface area (Å²) in [5.74, 6) is 2.72. The van der Waals surface area contributed by atoms with Gasteiger partial charge < -0.3 is 5.73 Å². The summed E-state index contributed by atoms with van der Waals surface area (Å²) < 4.78 is 0. The van der Waals surface area contributed by atoms with Gasteiger partial charge in [0.2, 0.25) is 0 Å². The predicted molar refractivity (Wildman–Crippen MR) is 66.1 cm³/mol. The Morgan fingerprint density at radius 3 is 2.62 bits per heavy atom. The number of nitrogens with two attached hydrogens (primary N) is 1. The number of carbonyl (C=O) groups is 1. The number of hydrogen-bond donors (Lipinski definition) is 1. The third-order valence-electron chi connectivity index (χ3n) is 4.74. The molecule has 2 saturated carbocycles. The predicted octanol–water partition coefficient (Wildman–Crippen LogP) is 2.90. The third kappa shape index (κ3) is 2.32. The molecule has 2 N–H and O–H groups in total. The van der Waals surface area contributed by atoms with E-state index >= 15 is 0 Å². The highest BCUT2D eigenvalue weighted by atomic mass is 16.1. The second-order valence-electron chi connectivity index (χ2n) is 6.23. The molecular weight excluding hydrogens is 198 g/mol. The van der Waals surface area contributed by atoms with E-state index in [1.165, 1.54) is 25.7 Å². The van der Waals surface area contributed by atoms with Gasteiger partial charge in [-0.05, 0) is 50.4 Å². The minimum Gasteiger partial charge on any atom is -0.319 e. The fourth-order valence-electron chi connectivity index (χ4n) is 3.76. The van der Waals surface area contributed by atoms with Crippen molar-refractivity contribution < 1.29 is 4.79 Å². The van der Waals surface area contributed by atoms with Crippen LogP contribution in [0.2, 0.25) is 0 Å². The molecule has 0 aromatic carbocycles. The molecule has 0 aromatic rings. The smallest absolute Gasteiger partial charge is 0.152 e. The molecule has 0 spiro atoms. The molecule has 0 saturated heterocycles. The molecule has 2 fully saturated rings. The van der Waals surface area contributed by atoms with E-state index in [0.29, 0.717) is 11.7 Å². The molecule has 16 heavy (non-hydrogen) atoms. The van der Waals surface area contributed by atoms with Crippen molar-refractivity contribution in [2.75, 3.05) is 0 Å². The lowest BCUT2D eigenvalue weighted by atomic mass is 9.80. The molecule has 0 heterocycles. The lowest BCUT2D eigenvalue weighted by Gasteiger charge is -2.27. The standard InChI is InChI=1S/C14H25NO/c1-3-6-14(2,15)13(16)9-12-8-10-4-5-11(12)7-10/h10-12H,3-9,15H2,1-2H3. The van der Waals surface area contributed by atoms with Crippen LogP contribution in [-0.4, -0.2) is 11.3 Å². The molecule has 0 aliphatic heterocycles. The maximum absolute atomic E-state index is 12.2. The number of hydrogen-bond acceptors (Lipinski definition) is 2. The number of rotatable bonds is 5. The molecule has 2 aliphatic rings. The van der Waals surface area contributed by atoms with E-state index in [0.717, 1.165) is 31.1 Å². The van der Waals surface area contributed by atoms with E-state index in [1.807, 2.05) is 6.92 Å². The molecule has 2 nitrogen and oxygen atoms in total. The van der Waals surface area contributed by atoms with Gasteiger partial charge in [-0.15, -0.1) is 0 Å². The number of ketones is 1. The minimum absolute atomic E-state index is 0.298. The lowest BCUT2D eigenvalue weighted by Crippen LogP contribution is -2.45. The Morgan fingerprint density at radius 1 is 1.38 bits per heavy atom. The Kier molecular flexibility index (Phi) is 3.39. The SMILES string of the molecule is CCCC(C)(N)C(=O)CC1CC2CCC1C2. The van der Waals surface area contributed by atoms with Gasteiger partial charge in [0, 0.05) is 6.42 Å². The normalized spacial score (nSPS) is 36.3. The largest absolute Gasteiger partial charge is 0.319 e. The van der Waals surface area contributed by atoms with Crippen LogP contribution in [0.3, 0.4) is 0 Å². The molecule has 2 rings (SSSR count). The Labute approximate surface area is 99.0 Å². The monoisotopic (exact) mass is 223 g/mol. The van der Waals surface area contributed by atoms with E-state index in [1.54, 1.807) is 0 Å². The van der Waals surface area contributed by atoms with Crippen LogP contribution < -0.4 is 5.73 Å². The highest BCUT2D eigenvalue weighted by molar-refractivity contribution is 5.87. The van der Waals surface area contributed by atoms with E-state index in [4.69, 9.17) is 5.73 Å². The number of Topliss-reactive ketones (excluding diaryl/α,β-unsaturated/α-hetero) is 1. The van der Waals surface area contributed by atoms with Crippen LogP contribution in [0.4, 0.5) is 0 Å². The fourth-order valence-corrected chi connectivity index (χ4v) is 3.76. The first kappa shape index (κ1) is 12.1. The molecule has 2 heteroatoms. The molecule has 0 amide bonds. The van der Waals surface area contributed by atoms with Crippen LogP contribution in [0.5, 0.6) is 0 Å². The van der Waals surface area contributed by atoms with Crippen molar-refractivity contribution >= 4 is 5.78 Å². The zero-order valence-electron chi connectivity index (χ0n) is 10.7. The lowest BCUT2D eigenvalue weighted by molar-refractivity contribution is -0.125. The molecule has 0 aromatic heterocycles. The van der Waals surface area contributed by atoms with Gasteiger partial charge in [-0.3, -0.25) is 4.79 Å². The van der Waals surface area contributed by atoms with Crippen molar-refractivity contribution in [3.05, 3.63) is 0 Å². The molecule has 4 atom stereocenters. The topological polar surface area (TPSA) is 43.1 Å². The van der Waals surface area contributed by atoms with Gasteiger partial charge in [-0.25, -0.2) is 0 Å². The summed E-state index contributed by atoms with van der Waals surface area (Å²) in [5.41, 5.74) is 5.52. The first-order valence-corrected chi connectivity index (χ1v) is 6.85. The van der Waals surface area contributed by atoms with Crippen LogP contribution in [0.15, 0.2) is 0 Å². The van der Waals surface area contributed by atoms with Gasteiger partial charge in [0.05, 0.1) is 5.54 Å². The van der Waals surface area contributed by atoms with Gasteiger partial charge in [0.25, 0.3) is 0 Å². The summed E-state index contributed by atoms with van der Waals surface area (Å²) in [6.45, 7) is 4.00. The summed E-state index contributed by atoms with van der Waals surface area (Å²) in [5, 5.41) is 0. The fraction of sp³-hybridized carbons (Fsp3) is 0.929. The average molecular weight is 223 g/mol. The van der Waals surface area contributed by atoms with Crippen molar-refractivity contribution in [1.29, 1.82) is 0 Å². The van der Waals surface area contributed by atoms with Crippen molar-refractivity contribution in [1.82, 2.24) is 0 Å². The zero-order valence-corrected chi connectivity index (χ0v) is 10.7.